The lowest BCUT2D eigenvalue weighted by atomic mass is 9.98. The van der Waals surface area contributed by atoms with E-state index in [-0.39, 0.29) is 25.6 Å². The fourth-order valence-corrected chi connectivity index (χ4v) is 10.1. The van der Waals surface area contributed by atoms with Crippen LogP contribution in [0.15, 0.2) is 72.9 Å². The second-order valence-corrected chi connectivity index (χ2v) is 22.6. The summed E-state index contributed by atoms with van der Waals surface area (Å²) in [5.74, 6) is -0.378. The van der Waals surface area contributed by atoms with Gasteiger partial charge in [-0.15, -0.1) is 0 Å². The van der Waals surface area contributed by atoms with Gasteiger partial charge in [-0.05, 0) is 64.2 Å². The van der Waals surface area contributed by atoms with Crippen molar-refractivity contribution in [3.8, 4) is 0 Å². The molecule has 2 aliphatic heterocycles. The predicted molar refractivity (Wildman–Crippen MR) is 325 cm³/mol. The van der Waals surface area contributed by atoms with Crippen molar-refractivity contribution in [1.82, 2.24) is 0 Å². The third-order valence-electron chi connectivity index (χ3n) is 15.2. The average molecular weight is 1150 g/mol. The maximum absolute atomic E-state index is 13.1. The summed E-state index contributed by atoms with van der Waals surface area (Å²) in [4.78, 5) is 13.1. The van der Waals surface area contributed by atoms with E-state index in [1.54, 1.807) is 0 Å². The van der Waals surface area contributed by atoms with Crippen LogP contribution in [-0.4, -0.2) is 142 Å². The summed E-state index contributed by atoms with van der Waals surface area (Å²) in [5, 5.41) is 72.5. The molecule has 7 N–H and O–H groups in total. The van der Waals surface area contributed by atoms with E-state index in [0.717, 1.165) is 89.9 Å². The maximum atomic E-state index is 13.1. The van der Waals surface area contributed by atoms with Crippen molar-refractivity contribution in [2.24, 2.45) is 0 Å². The molecule has 0 amide bonds. The van der Waals surface area contributed by atoms with E-state index in [4.69, 9.17) is 28.4 Å². The number of aliphatic hydroxyl groups excluding tert-OH is 7. The first-order chi connectivity index (χ1) is 39.6. The van der Waals surface area contributed by atoms with Gasteiger partial charge in [-0.3, -0.25) is 4.79 Å². The smallest absolute Gasteiger partial charge is 0.306 e. The Hall–Kier alpha value is -2.57. The van der Waals surface area contributed by atoms with Crippen molar-refractivity contribution < 1.29 is 69.0 Å². The lowest BCUT2D eigenvalue weighted by molar-refractivity contribution is -0.332. The van der Waals surface area contributed by atoms with Gasteiger partial charge in [-0.25, -0.2) is 0 Å². The van der Waals surface area contributed by atoms with Crippen LogP contribution < -0.4 is 0 Å². The van der Waals surface area contributed by atoms with Crippen LogP contribution in [0.25, 0.3) is 0 Å². The van der Waals surface area contributed by atoms with Gasteiger partial charge < -0.3 is 64.2 Å². The number of hydrogen-bond donors (Lipinski definition) is 7. The zero-order valence-corrected chi connectivity index (χ0v) is 50.8. The molecule has 0 aliphatic carbocycles. The molecule has 2 fully saturated rings. The number of carbonyl (C=O) groups is 1. The Morgan fingerprint density at radius 1 is 0.420 bits per heavy atom. The lowest BCUT2D eigenvalue weighted by Gasteiger charge is -2.42. The predicted octanol–water partition coefficient (Wildman–Crippen LogP) is 13.0. The Bertz CT molecular complexity index is 1610. The third-order valence-corrected chi connectivity index (χ3v) is 15.2. The number of carbonyl (C=O) groups excluding carboxylic acids is 1. The van der Waals surface area contributed by atoms with Crippen LogP contribution in [0.5, 0.6) is 0 Å². The van der Waals surface area contributed by atoms with Crippen LogP contribution in [-0.2, 0) is 33.2 Å². The van der Waals surface area contributed by atoms with Gasteiger partial charge in [-0.1, -0.05) is 247 Å². The van der Waals surface area contributed by atoms with Crippen molar-refractivity contribution in [2.45, 2.75) is 313 Å². The highest BCUT2D eigenvalue weighted by Gasteiger charge is 2.47. The van der Waals surface area contributed by atoms with Crippen molar-refractivity contribution >= 4 is 5.97 Å². The average Bonchev–Trinajstić information content (AvgIpc) is 3.60. The van der Waals surface area contributed by atoms with Crippen LogP contribution in [0.3, 0.4) is 0 Å². The molecule has 2 aliphatic rings. The van der Waals surface area contributed by atoms with Crippen LogP contribution in [0, 0.1) is 0 Å². The monoisotopic (exact) mass is 1150 g/mol. The number of rotatable bonds is 53. The van der Waals surface area contributed by atoms with Crippen molar-refractivity contribution in [2.75, 3.05) is 33.0 Å². The van der Waals surface area contributed by atoms with Gasteiger partial charge in [-0.2, -0.15) is 0 Å². The van der Waals surface area contributed by atoms with Crippen LogP contribution in [0.4, 0.5) is 0 Å². The summed E-state index contributed by atoms with van der Waals surface area (Å²) >= 11 is 0. The van der Waals surface area contributed by atoms with E-state index in [1.807, 2.05) is 0 Å². The van der Waals surface area contributed by atoms with Gasteiger partial charge in [0.1, 0.15) is 54.9 Å². The molecule has 2 heterocycles. The highest BCUT2D eigenvalue weighted by molar-refractivity contribution is 5.69. The number of hydrogen-bond acceptors (Lipinski definition) is 14. The van der Waals surface area contributed by atoms with Gasteiger partial charge in [0.25, 0.3) is 0 Å². The highest BCUT2D eigenvalue weighted by Crippen LogP contribution is 2.27. The first-order valence-electron chi connectivity index (χ1n) is 32.5. The molecule has 11 unspecified atom stereocenters. The van der Waals surface area contributed by atoms with E-state index < -0.39 is 80.7 Å². The normalized spacial score (nSPS) is 24.2. The van der Waals surface area contributed by atoms with Crippen molar-refractivity contribution in [3.05, 3.63) is 72.9 Å². The van der Waals surface area contributed by atoms with E-state index >= 15 is 0 Å². The highest BCUT2D eigenvalue weighted by atomic mass is 16.7. The first kappa shape index (κ1) is 74.5. The SMILES string of the molecule is CC/C=C\C/C=C\C/C=C\C/C=C\C/C=C\C/C=C\CCCCCCCCCOCC(COC1OC(COC2OC(CO)C(O)C(O)C2O)C(O)C(O)C1O)OC(=O)CCCCCCCCCCCCCCCCCCCCCCC. The summed E-state index contributed by atoms with van der Waals surface area (Å²) < 4.78 is 34.5. The molecule has 0 aromatic rings. The van der Waals surface area contributed by atoms with Crippen LogP contribution in [0.1, 0.15) is 245 Å². The molecule has 11 atom stereocenters. The second kappa shape index (κ2) is 52.9. The zero-order chi connectivity index (χ0) is 58.6. The Morgan fingerprint density at radius 2 is 0.802 bits per heavy atom. The number of unbranched alkanes of at least 4 members (excludes halogenated alkanes) is 27. The van der Waals surface area contributed by atoms with E-state index in [9.17, 15) is 40.5 Å². The van der Waals surface area contributed by atoms with Gasteiger partial charge in [0.05, 0.1) is 26.4 Å². The molecule has 0 radical (unpaired) electrons. The topological polar surface area (TPSA) is 214 Å². The number of ether oxygens (including phenoxy) is 6. The van der Waals surface area contributed by atoms with E-state index in [2.05, 4.69) is 86.8 Å². The summed E-state index contributed by atoms with van der Waals surface area (Å²) in [6.45, 7) is 3.58. The summed E-state index contributed by atoms with van der Waals surface area (Å²) in [6.07, 6.45) is 52.5. The summed E-state index contributed by atoms with van der Waals surface area (Å²) in [7, 11) is 0. The molecule has 2 rings (SSSR count). The molecule has 14 heteroatoms. The Balaban J connectivity index is 1.68. The fraction of sp³-hybridized carbons (Fsp3) is 0.806. The number of aliphatic hydroxyl groups is 7. The molecule has 0 aromatic carbocycles. The second-order valence-electron chi connectivity index (χ2n) is 22.6. The van der Waals surface area contributed by atoms with Crippen LogP contribution in [0.2, 0.25) is 0 Å². The molecular weight excluding hydrogens is 1030 g/mol. The van der Waals surface area contributed by atoms with E-state index in [1.165, 1.54) is 128 Å². The molecule has 14 nitrogen and oxygen atoms in total. The maximum Gasteiger partial charge on any atom is 0.306 e. The van der Waals surface area contributed by atoms with Gasteiger partial charge in [0.2, 0.25) is 0 Å². The molecule has 0 aromatic heterocycles. The number of allylic oxidation sites excluding steroid dienone is 12. The summed E-state index contributed by atoms with van der Waals surface area (Å²) in [6, 6.07) is 0. The minimum absolute atomic E-state index is 0.0529. The molecule has 2 saturated heterocycles. The largest absolute Gasteiger partial charge is 0.457 e. The summed E-state index contributed by atoms with van der Waals surface area (Å²) in [5.41, 5.74) is 0. The van der Waals surface area contributed by atoms with Crippen LogP contribution >= 0.6 is 0 Å². The van der Waals surface area contributed by atoms with Gasteiger partial charge in [0, 0.05) is 13.0 Å². The zero-order valence-electron chi connectivity index (χ0n) is 50.8. The standard InChI is InChI=1S/C67H118O14/c1-3-5-7-9-11-13-15-17-19-21-23-25-26-27-28-29-31-33-35-37-39-41-43-45-47-49-51-76-53-56(54-77-66-65(75)63(73)61(71)58(81-66)55-78-67-64(74)62(72)60(70)57(52-68)80-67)79-59(69)50-48-46-44-42-40-38-36-34-32-30-24-22-20-18-16-14-12-10-8-6-4-2/h5,7,11,13,17,19,23,25,27-28,31,33,56-58,60-68,70-75H,3-4,6,8-10,12,14-16,18,20-22,24,26,29-30,32,34-55H2,1-2H3/b7-5-,13-11-,19-17-,25-23-,28-27-,33-31-. The molecular formula is C67H118O14. The van der Waals surface area contributed by atoms with Gasteiger partial charge in [0.15, 0.2) is 12.6 Å². The van der Waals surface area contributed by atoms with Gasteiger partial charge >= 0.3 is 5.97 Å². The molecule has 470 valence electrons. The molecule has 0 spiro atoms. The molecule has 0 bridgehead atoms. The Kier molecular flexibility index (Phi) is 48.7. The first-order valence-corrected chi connectivity index (χ1v) is 32.5. The number of esters is 1. The molecule has 0 saturated carbocycles. The minimum atomic E-state index is -1.71. The van der Waals surface area contributed by atoms with Crippen molar-refractivity contribution in [3.63, 3.8) is 0 Å². The fourth-order valence-electron chi connectivity index (χ4n) is 10.1. The quantitative estimate of drug-likeness (QED) is 0.0172. The minimum Gasteiger partial charge on any atom is -0.457 e. The lowest BCUT2D eigenvalue weighted by Crippen LogP contribution is -2.61. The van der Waals surface area contributed by atoms with E-state index in [0.29, 0.717) is 13.0 Å². The Labute approximate surface area is 491 Å². The van der Waals surface area contributed by atoms with Crippen molar-refractivity contribution in [1.29, 1.82) is 0 Å². The Morgan fingerprint density at radius 3 is 1.26 bits per heavy atom. The third kappa shape index (κ3) is 38.9. The molecule has 81 heavy (non-hydrogen) atoms.